The molecule has 168 valence electrons. The molecule has 0 atom stereocenters. The normalized spacial score (nSPS) is 15.4. The Morgan fingerprint density at radius 3 is 2.55 bits per heavy atom. The van der Waals surface area contributed by atoms with Crippen molar-refractivity contribution in [1.82, 2.24) is 34.2 Å². The van der Waals surface area contributed by atoms with Crippen LogP contribution < -0.4 is 4.90 Å². The Morgan fingerprint density at radius 1 is 1.16 bits per heavy atom. The summed E-state index contributed by atoms with van der Waals surface area (Å²) in [6, 6.07) is 0. The van der Waals surface area contributed by atoms with E-state index in [9.17, 15) is 13.2 Å². The van der Waals surface area contributed by atoms with Gasteiger partial charge in [-0.15, -0.1) is 0 Å². The van der Waals surface area contributed by atoms with Gasteiger partial charge in [-0.3, -0.25) is 9.58 Å². The number of imidazole rings is 1. The molecule has 1 fully saturated rings. The van der Waals surface area contributed by atoms with Gasteiger partial charge in [-0.1, -0.05) is 0 Å². The Kier molecular flexibility index (Phi) is 5.84. The first kappa shape index (κ1) is 21.5. The third-order valence-corrected chi connectivity index (χ3v) is 5.12. The van der Waals surface area contributed by atoms with Crippen molar-refractivity contribution >= 4 is 17.0 Å². The average molecular weight is 438 g/mol. The van der Waals surface area contributed by atoms with Crippen molar-refractivity contribution in [3.63, 3.8) is 0 Å². The lowest BCUT2D eigenvalue weighted by atomic mass is 10.2. The van der Waals surface area contributed by atoms with Crippen LogP contribution in [-0.2, 0) is 31.4 Å². The van der Waals surface area contributed by atoms with Crippen LogP contribution in [0, 0.1) is 6.92 Å². The number of ether oxygens (including phenoxy) is 1. The van der Waals surface area contributed by atoms with E-state index in [-0.39, 0.29) is 5.65 Å². The monoisotopic (exact) mass is 438 g/mol. The summed E-state index contributed by atoms with van der Waals surface area (Å²) in [5.41, 5.74) is 2.57. The summed E-state index contributed by atoms with van der Waals surface area (Å²) >= 11 is 0. The molecule has 3 aromatic heterocycles. The van der Waals surface area contributed by atoms with E-state index in [1.165, 1.54) is 6.33 Å². The summed E-state index contributed by atoms with van der Waals surface area (Å²) in [6.45, 7) is 4.05. The highest BCUT2D eigenvalue weighted by Crippen LogP contribution is 2.26. The van der Waals surface area contributed by atoms with Gasteiger partial charge >= 0.3 is 6.18 Å². The fourth-order valence-corrected chi connectivity index (χ4v) is 3.74. The molecular formula is C19H25F3N8O. The quantitative estimate of drug-likeness (QED) is 0.582. The molecule has 1 aliphatic heterocycles. The molecule has 3 aromatic rings. The SMILES string of the molecule is Cc1nn(C)cc1CN(C)Cc1nc(N2CCOCC2)c2ncn(CC(F)(F)F)c2n1. The third kappa shape index (κ3) is 4.96. The van der Waals surface area contributed by atoms with Crippen LogP contribution in [0.25, 0.3) is 11.2 Å². The summed E-state index contributed by atoms with van der Waals surface area (Å²) in [7, 11) is 3.78. The number of hydrogen-bond donors (Lipinski definition) is 0. The van der Waals surface area contributed by atoms with Crippen LogP contribution in [-0.4, -0.2) is 73.7 Å². The molecule has 4 rings (SSSR count). The van der Waals surface area contributed by atoms with Crippen LogP contribution in [0.5, 0.6) is 0 Å². The second kappa shape index (κ2) is 8.42. The van der Waals surface area contributed by atoms with Gasteiger partial charge in [0, 0.05) is 38.4 Å². The van der Waals surface area contributed by atoms with Crippen molar-refractivity contribution in [2.24, 2.45) is 7.05 Å². The maximum absolute atomic E-state index is 13.1. The molecule has 4 heterocycles. The molecule has 31 heavy (non-hydrogen) atoms. The number of hydrogen-bond acceptors (Lipinski definition) is 7. The summed E-state index contributed by atoms with van der Waals surface area (Å²) < 4.78 is 47.4. The molecule has 0 radical (unpaired) electrons. The van der Waals surface area contributed by atoms with E-state index in [1.807, 2.05) is 37.0 Å². The zero-order valence-corrected chi connectivity index (χ0v) is 17.7. The molecule has 1 saturated heterocycles. The first-order valence-electron chi connectivity index (χ1n) is 9.98. The van der Waals surface area contributed by atoms with Crippen molar-refractivity contribution in [2.45, 2.75) is 32.7 Å². The van der Waals surface area contributed by atoms with Crippen molar-refractivity contribution in [1.29, 1.82) is 0 Å². The largest absolute Gasteiger partial charge is 0.406 e. The van der Waals surface area contributed by atoms with E-state index >= 15 is 0 Å². The summed E-state index contributed by atoms with van der Waals surface area (Å²) in [6.07, 6.45) is -1.23. The zero-order valence-electron chi connectivity index (χ0n) is 17.7. The van der Waals surface area contributed by atoms with E-state index in [4.69, 9.17) is 4.74 Å². The Balaban J connectivity index is 1.66. The van der Waals surface area contributed by atoms with E-state index in [1.54, 1.807) is 4.68 Å². The van der Waals surface area contributed by atoms with E-state index in [0.29, 0.717) is 56.6 Å². The van der Waals surface area contributed by atoms with Crippen molar-refractivity contribution in [3.8, 4) is 0 Å². The number of aryl methyl sites for hydroxylation is 2. The summed E-state index contributed by atoms with van der Waals surface area (Å²) in [5, 5.41) is 4.35. The Hall–Kier alpha value is -2.73. The standard InChI is InChI=1S/C19H25F3N8O/c1-13-14(9-28(3)26-13)8-27(2)10-15-24-17(29-4-6-31-7-5-29)16-18(25-15)30(12-23-16)11-19(20,21)22/h9,12H,4-8,10-11H2,1-3H3. The first-order valence-corrected chi connectivity index (χ1v) is 9.98. The molecule has 0 aromatic carbocycles. The van der Waals surface area contributed by atoms with Gasteiger partial charge in [0.1, 0.15) is 12.4 Å². The van der Waals surface area contributed by atoms with Gasteiger partial charge in [0.15, 0.2) is 17.0 Å². The molecule has 0 unspecified atom stereocenters. The minimum absolute atomic E-state index is 0.190. The predicted octanol–water partition coefficient (Wildman–Crippen LogP) is 1.90. The number of alkyl halides is 3. The predicted molar refractivity (Wildman–Crippen MR) is 108 cm³/mol. The van der Waals surface area contributed by atoms with Crippen molar-refractivity contribution in [2.75, 3.05) is 38.3 Å². The second-order valence-corrected chi connectivity index (χ2v) is 7.81. The van der Waals surface area contributed by atoms with Gasteiger partial charge in [0.2, 0.25) is 0 Å². The van der Waals surface area contributed by atoms with Crippen molar-refractivity contribution in [3.05, 3.63) is 29.6 Å². The lowest BCUT2D eigenvalue weighted by Crippen LogP contribution is -2.37. The van der Waals surface area contributed by atoms with Crippen LogP contribution >= 0.6 is 0 Å². The Labute approximate surface area is 177 Å². The van der Waals surface area contributed by atoms with Gasteiger partial charge in [-0.05, 0) is 14.0 Å². The number of aromatic nitrogens is 6. The third-order valence-electron chi connectivity index (χ3n) is 5.12. The minimum Gasteiger partial charge on any atom is -0.378 e. The molecule has 0 amide bonds. The van der Waals surface area contributed by atoms with Crippen LogP contribution in [0.2, 0.25) is 0 Å². The molecule has 0 bridgehead atoms. The molecule has 0 spiro atoms. The van der Waals surface area contributed by atoms with Crippen LogP contribution in [0.15, 0.2) is 12.5 Å². The fraction of sp³-hybridized carbons (Fsp3) is 0.579. The minimum atomic E-state index is -4.37. The maximum atomic E-state index is 13.1. The van der Waals surface area contributed by atoms with Crippen molar-refractivity contribution < 1.29 is 17.9 Å². The fourth-order valence-electron chi connectivity index (χ4n) is 3.74. The highest BCUT2D eigenvalue weighted by molar-refractivity contribution is 5.83. The summed E-state index contributed by atoms with van der Waals surface area (Å²) in [4.78, 5) is 17.4. The van der Waals surface area contributed by atoms with Gasteiger partial charge in [-0.25, -0.2) is 15.0 Å². The maximum Gasteiger partial charge on any atom is 0.406 e. The van der Waals surface area contributed by atoms with Gasteiger partial charge < -0.3 is 14.2 Å². The van der Waals surface area contributed by atoms with Gasteiger partial charge in [0.25, 0.3) is 0 Å². The molecule has 1 aliphatic rings. The smallest absolute Gasteiger partial charge is 0.378 e. The lowest BCUT2D eigenvalue weighted by Gasteiger charge is -2.28. The Bertz CT molecular complexity index is 1050. The van der Waals surface area contributed by atoms with Gasteiger partial charge in [0.05, 0.1) is 31.8 Å². The number of anilines is 1. The van der Waals surface area contributed by atoms with E-state index in [0.717, 1.165) is 15.8 Å². The second-order valence-electron chi connectivity index (χ2n) is 7.81. The molecular weight excluding hydrogens is 413 g/mol. The number of rotatable bonds is 6. The lowest BCUT2D eigenvalue weighted by molar-refractivity contribution is -0.140. The topological polar surface area (TPSA) is 77.1 Å². The van der Waals surface area contributed by atoms with Gasteiger partial charge in [-0.2, -0.15) is 18.3 Å². The molecule has 12 heteroatoms. The van der Waals surface area contributed by atoms with E-state index in [2.05, 4.69) is 20.1 Å². The average Bonchev–Trinajstić information content (AvgIpc) is 3.23. The Morgan fingerprint density at radius 2 is 1.90 bits per heavy atom. The number of fused-ring (bicyclic) bond motifs is 1. The zero-order chi connectivity index (χ0) is 22.2. The molecule has 9 nitrogen and oxygen atoms in total. The van der Waals surface area contributed by atoms with E-state index < -0.39 is 12.7 Å². The number of nitrogens with zero attached hydrogens (tertiary/aromatic N) is 8. The molecule has 0 aliphatic carbocycles. The number of halogens is 3. The van der Waals surface area contributed by atoms with Crippen LogP contribution in [0.4, 0.5) is 19.0 Å². The highest BCUT2D eigenvalue weighted by Gasteiger charge is 2.30. The molecule has 0 saturated carbocycles. The number of morpholine rings is 1. The highest BCUT2D eigenvalue weighted by atomic mass is 19.4. The summed E-state index contributed by atoms with van der Waals surface area (Å²) in [5.74, 6) is 0.997. The van der Waals surface area contributed by atoms with Crippen LogP contribution in [0.1, 0.15) is 17.1 Å². The molecule has 0 N–H and O–H groups in total. The first-order chi connectivity index (χ1) is 14.7. The van der Waals surface area contributed by atoms with Crippen LogP contribution in [0.3, 0.4) is 0 Å².